The Balaban J connectivity index is 1.65. The van der Waals surface area contributed by atoms with E-state index in [-0.39, 0.29) is 5.91 Å². The molecule has 0 spiro atoms. The van der Waals surface area contributed by atoms with E-state index < -0.39 is 6.03 Å². The molecule has 1 aromatic carbocycles. The molecule has 0 aliphatic rings. The molecular weight excluding hydrogens is 356 g/mol. The van der Waals surface area contributed by atoms with E-state index >= 15 is 0 Å². The second kappa shape index (κ2) is 8.63. The fraction of sp³-hybridized carbons (Fsp3) is 0.100. The zero-order valence-corrected chi connectivity index (χ0v) is 15.1. The molecular formula is C20H20N6O2. The minimum Gasteiger partial charge on any atom is -0.384 e. The number of nitrogen functional groups attached to an aromatic ring is 1. The fourth-order valence-corrected chi connectivity index (χ4v) is 2.64. The molecule has 2 aromatic heterocycles. The number of nitrogens with one attached hydrogen (secondary N) is 1. The first-order chi connectivity index (χ1) is 13.5. The quantitative estimate of drug-likeness (QED) is 0.609. The predicted molar refractivity (Wildman–Crippen MR) is 106 cm³/mol. The normalized spacial score (nSPS) is 10.3. The van der Waals surface area contributed by atoms with Crippen LogP contribution in [0.1, 0.15) is 21.5 Å². The number of carbonyl (C=O) groups excluding carboxylic acids is 2. The number of hydrogen-bond acceptors (Lipinski definition) is 5. The number of nitrogens with two attached hydrogens (primary N) is 2. The molecule has 0 unspecified atom stereocenters. The van der Waals surface area contributed by atoms with Crippen LogP contribution in [0.3, 0.4) is 0 Å². The molecule has 0 atom stereocenters. The Kier molecular flexibility index (Phi) is 5.81. The summed E-state index contributed by atoms with van der Waals surface area (Å²) in [5.41, 5.74) is 13.9. The van der Waals surface area contributed by atoms with E-state index in [1.54, 1.807) is 54.9 Å². The third kappa shape index (κ3) is 5.04. The molecule has 0 saturated carbocycles. The second-order valence-corrected chi connectivity index (χ2v) is 6.18. The maximum absolute atomic E-state index is 12.3. The summed E-state index contributed by atoms with van der Waals surface area (Å²) in [6.45, 7) is 0.682. The molecule has 3 aromatic rings. The molecule has 5 N–H and O–H groups in total. The first kappa shape index (κ1) is 18.8. The molecule has 8 heteroatoms. The minimum atomic E-state index is -0.527. The van der Waals surface area contributed by atoms with Crippen molar-refractivity contribution in [1.82, 2.24) is 14.9 Å². The van der Waals surface area contributed by atoms with Gasteiger partial charge < -0.3 is 21.7 Å². The monoisotopic (exact) mass is 376 g/mol. The molecule has 0 radical (unpaired) electrons. The number of pyridine rings is 2. The number of urea groups is 1. The number of hydrogen-bond donors (Lipinski definition) is 3. The van der Waals surface area contributed by atoms with Gasteiger partial charge in [-0.15, -0.1) is 0 Å². The maximum atomic E-state index is 12.3. The summed E-state index contributed by atoms with van der Waals surface area (Å²) >= 11 is 0. The first-order valence-corrected chi connectivity index (χ1v) is 8.56. The minimum absolute atomic E-state index is 0.265. The standard InChI is InChI=1S/C20H20N6O2/c21-18-10-17(7-9-24-18)25-19(27)16-5-3-14(4-6-16)12-26(20(22)28)13-15-2-1-8-23-11-15/h1-11H,12-13H2,(H2,22,28)(H3,21,24,25,27). The van der Waals surface area contributed by atoms with E-state index in [0.29, 0.717) is 30.2 Å². The van der Waals surface area contributed by atoms with Crippen molar-refractivity contribution in [2.24, 2.45) is 5.73 Å². The van der Waals surface area contributed by atoms with Gasteiger partial charge in [-0.2, -0.15) is 0 Å². The van der Waals surface area contributed by atoms with Crippen molar-refractivity contribution in [3.63, 3.8) is 0 Å². The third-order valence-electron chi connectivity index (χ3n) is 4.04. The Labute approximate surface area is 162 Å². The largest absolute Gasteiger partial charge is 0.384 e. The molecule has 0 aliphatic carbocycles. The van der Waals surface area contributed by atoms with E-state index in [1.165, 1.54) is 11.1 Å². The Morgan fingerprint density at radius 1 is 1.00 bits per heavy atom. The van der Waals surface area contributed by atoms with Gasteiger partial charge in [0.1, 0.15) is 5.82 Å². The van der Waals surface area contributed by atoms with Gasteiger partial charge in [-0.3, -0.25) is 9.78 Å². The van der Waals surface area contributed by atoms with Crippen LogP contribution in [-0.2, 0) is 13.1 Å². The van der Waals surface area contributed by atoms with Crippen molar-refractivity contribution in [2.45, 2.75) is 13.1 Å². The molecule has 0 bridgehead atoms. The molecule has 0 aliphatic heterocycles. The SMILES string of the molecule is NC(=O)N(Cc1ccc(C(=O)Nc2ccnc(N)c2)cc1)Cc1cccnc1. The Bertz CT molecular complexity index is 960. The van der Waals surface area contributed by atoms with E-state index in [0.717, 1.165) is 11.1 Å². The van der Waals surface area contributed by atoms with Gasteiger partial charge in [0, 0.05) is 49.0 Å². The average Bonchev–Trinajstić information content (AvgIpc) is 2.69. The van der Waals surface area contributed by atoms with E-state index in [2.05, 4.69) is 15.3 Å². The molecule has 142 valence electrons. The lowest BCUT2D eigenvalue weighted by atomic mass is 10.1. The summed E-state index contributed by atoms with van der Waals surface area (Å²) in [5, 5.41) is 2.76. The van der Waals surface area contributed by atoms with Crippen LogP contribution >= 0.6 is 0 Å². The summed E-state index contributed by atoms with van der Waals surface area (Å²) < 4.78 is 0. The zero-order chi connectivity index (χ0) is 19.9. The molecule has 3 amide bonds. The summed E-state index contributed by atoms with van der Waals surface area (Å²) in [6.07, 6.45) is 4.88. The van der Waals surface area contributed by atoms with Crippen LogP contribution in [0.4, 0.5) is 16.3 Å². The number of amides is 3. The summed E-state index contributed by atoms with van der Waals surface area (Å²) in [5.74, 6) is 0.0626. The molecule has 3 rings (SSSR count). The van der Waals surface area contributed by atoms with Crippen molar-refractivity contribution in [3.8, 4) is 0 Å². The lowest BCUT2D eigenvalue weighted by Gasteiger charge is -2.20. The number of nitrogens with zero attached hydrogens (tertiary/aromatic N) is 3. The first-order valence-electron chi connectivity index (χ1n) is 8.56. The van der Waals surface area contributed by atoms with Crippen molar-refractivity contribution in [3.05, 3.63) is 83.8 Å². The van der Waals surface area contributed by atoms with Crippen molar-refractivity contribution in [1.29, 1.82) is 0 Å². The summed E-state index contributed by atoms with van der Waals surface area (Å²) in [7, 11) is 0. The van der Waals surface area contributed by atoms with Gasteiger partial charge in [-0.25, -0.2) is 9.78 Å². The Hall–Kier alpha value is -3.94. The fourth-order valence-electron chi connectivity index (χ4n) is 2.64. The summed E-state index contributed by atoms with van der Waals surface area (Å²) in [4.78, 5) is 33.5. The molecule has 8 nitrogen and oxygen atoms in total. The highest BCUT2D eigenvalue weighted by atomic mass is 16.2. The summed E-state index contributed by atoms with van der Waals surface area (Å²) in [6, 6.07) is 13.4. The highest BCUT2D eigenvalue weighted by Gasteiger charge is 2.12. The van der Waals surface area contributed by atoms with Gasteiger partial charge in [0.05, 0.1) is 0 Å². The van der Waals surface area contributed by atoms with Gasteiger partial charge in [-0.1, -0.05) is 18.2 Å². The number of carbonyl (C=O) groups is 2. The van der Waals surface area contributed by atoms with Gasteiger partial charge in [0.2, 0.25) is 0 Å². The predicted octanol–water partition coefficient (Wildman–Crippen LogP) is 2.39. The van der Waals surface area contributed by atoms with Crippen LogP contribution < -0.4 is 16.8 Å². The Morgan fingerprint density at radius 3 is 2.39 bits per heavy atom. The number of anilines is 2. The highest BCUT2D eigenvalue weighted by Crippen LogP contribution is 2.14. The van der Waals surface area contributed by atoms with Gasteiger partial charge >= 0.3 is 6.03 Å². The van der Waals surface area contributed by atoms with Crippen molar-refractivity contribution in [2.75, 3.05) is 11.1 Å². The number of primary amides is 1. The van der Waals surface area contributed by atoms with Crippen LogP contribution in [0.25, 0.3) is 0 Å². The molecule has 0 saturated heterocycles. The Morgan fingerprint density at radius 2 is 1.75 bits per heavy atom. The molecule has 28 heavy (non-hydrogen) atoms. The molecule has 2 heterocycles. The smallest absolute Gasteiger partial charge is 0.315 e. The lowest BCUT2D eigenvalue weighted by molar-refractivity contribution is 0.102. The number of rotatable bonds is 6. The number of aromatic nitrogens is 2. The van der Waals surface area contributed by atoms with Crippen LogP contribution in [0.2, 0.25) is 0 Å². The van der Waals surface area contributed by atoms with Crippen LogP contribution in [0.15, 0.2) is 67.1 Å². The molecule has 0 fully saturated rings. The van der Waals surface area contributed by atoms with Gasteiger partial charge in [-0.05, 0) is 35.4 Å². The lowest BCUT2D eigenvalue weighted by Crippen LogP contribution is -2.34. The third-order valence-corrected chi connectivity index (χ3v) is 4.04. The van der Waals surface area contributed by atoms with Crippen LogP contribution in [0.5, 0.6) is 0 Å². The van der Waals surface area contributed by atoms with E-state index in [9.17, 15) is 9.59 Å². The van der Waals surface area contributed by atoms with Crippen molar-refractivity contribution < 1.29 is 9.59 Å². The number of benzene rings is 1. The second-order valence-electron chi connectivity index (χ2n) is 6.18. The van der Waals surface area contributed by atoms with Crippen molar-refractivity contribution >= 4 is 23.4 Å². The zero-order valence-electron chi connectivity index (χ0n) is 15.1. The maximum Gasteiger partial charge on any atom is 0.315 e. The highest BCUT2D eigenvalue weighted by molar-refractivity contribution is 6.04. The van der Waals surface area contributed by atoms with E-state index in [1.807, 2.05) is 6.07 Å². The average molecular weight is 376 g/mol. The van der Waals surface area contributed by atoms with Gasteiger partial charge in [0.15, 0.2) is 0 Å². The van der Waals surface area contributed by atoms with Crippen LogP contribution in [0, 0.1) is 0 Å². The van der Waals surface area contributed by atoms with Gasteiger partial charge in [0.25, 0.3) is 5.91 Å². The topological polar surface area (TPSA) is 127 Å². The van der Waals surface area contributed by atoms with Crippen LogP contribution in [-0.4, -0.2) is 26.8 Å². The van der Waals surface area contributed by atoms with E-state index in [4.69, 9.17) is 11.5 Å².